The molecule has 0 unspecified atom stereocenters. The number of carbonyl (C=O) groups excluding carboxylic acids is 1. The van der Waals surface area contributed by atoms with Crippen LogP contribution in [0.1, 0.15) is 62.5 Å². The lowest BCUT2D eigenvalue weighted by atomic mass is 9.98. The van der Waals surface area contributed by atoms with Crippen LogP contribution in [0.15, 0.2) is 29.3 Å². The SMILES string of the molecule is CN=C(NCCCOC1CCCCC1)NCc1ccc(CN2CCCC2=O)cc1.I. The summed E-state index contributed by atoms with van der Waals surface area (Å²) in [6.07, 6.45) is 9.60. The van der Waals surface area contributed by atoms with Gasteiger partial charge in [-0.3, -0.25) is 9.79 Å². The van der Waals surface area contributed by atoms with Crippen molar-refractivity contribution in [1.82, 2.24) is 15.5 Å². The number of hydrogen-bond acceptors (Lipinski definition) is 3. The molecule has 168 valence electrons. The highest BCUT2D eigenvalue weighted by Gasteiger charge is 2.19. The molecule has 1 heterocycles. The summed E-state index contributed by atoms with van der Waals surface area (Å²) in [7, 11) is 1.80. The van der Waals surface area contributed by atoms with E-state index in [1.807, 2.05) is 4.90 Å². The molecule has 0 radical (unpaired) electrons. The third kappa shape index (κ3) is 8.41. The quantitative estimate of drug-likeness (QED) is 0.221. The molecule has 1 aromatic rings. The van der Waals surface area contributed by atoms with Crippen molar-refractivity contribution < 1.29 is 9.53 Å². The zero-order chi connectivity index (χ0) is 20.3. The zero-order valence-corrected chi connectivity index (χ0v) is 20.5. The first kappa shape index (κ1) is 24.9. The third-order valence-electron chi connectivity index (χ3n) is 5.77. The summed E-state index contributed by atoms with van der Waals surface area (Å²) in [5.41, 5.74) is 2.38. The van der Waals surface area contributed by atoms with Crippen LogP contribution in [0.5, 0.6) is 0 Å². The van der Waals surface area contributed by atoms with Crippen molar-refractivity contribution in [2.24, 2.45) is 4.99 Å². The molecule has 1 aromatic carbocycles. The standard InChI is InChI=1S/C23H36N4O2.HI/c1-24-23(25-14-6-16-29-21-7-3-2-4-8-21)26-17-19-10-12-20(13-11-19)18-27-15-5-9-22(27)28;/h10-13,21H,2-9,14-18H2,1H3,(H2,24,25,26);1H. The molecule has 6 nitrogen and oxygen atoms in total. The minimum Gasteiger partial charge on any atom is -0.378 e. The number of ether oxygens (including phenoxy) is 1. The van der Waals surface area contributed by atoms with Gasteiger partial charge in [0.1, 0.15) is 0 Å². The Morgan fingerprint density at radius 1 is 1.10 bits per heavy atom. The van der Waals surface area contributed by atoms with Gasteiger partial charge < -0.3 is 20.3 Å². The topological polar surface area (TPSA) is 66.0 Å². The number of amides is 1. The van der Waals surface area contributed by atoms with Crippen molar-refractivity contribution in [3.05, 3.63) is 35.4 Å². The van der Waals surface area contributed by atoms with Gasteiger partial charge in [-0.2, -0.15) is 0 Å². The van der Waals surface area contributed by atoms with E-state index in [1.54, 1.807) is 7.05 Å². The molecular formula is C23H37IN4O2. The van der Waals surface area contributed by atoms with E-state index < -0.39 is 0 Å². The number of aliphatic imine (C=N–C) groups is 1. The summed E-state index contributed by atoms with van der Waals surface area (Å²) < 4.78 is 5.97. The Morgan fingerprint density at radius 2 is 1.83 bits per heavy atom. The molecule has 0 bridgehead atoms. The highest BCUT2D eigenvalue weighted by molar-refractivity contribution is 14.0. The van der Waals surface area contributed by atoms with E-state index in [0.717, 1.165) is 51.6 Å². The van der Waals surface area contributed by atoms with Gasteiger partial charge in [0.15, 0.2) is 5.96 Å². The smallest absolute Gasteiger partial charge is 0.222 e. The van der Waals surface area contributed by atoms with Crippen LogP contribution in [0, 0.1) is 0 Å². The third-order valence-corrected chi connectivity index (χ3v) is 5.77. The molecule has 0 atom stereocenters. The highest BCUT2D eigenvalue weighted by Crippen LogP contribution is 2.20. The first-order chi connectivity index (χ1) is 14.2. The van der Waals surface area contributed by atoms with Crippen molar-refractivity contribution >= 4 is 35.8 Å². The minimum absolute atomic E-state index is 0. The number of likely N-dealkylation sites (tertiary alicyclic amines) is 1. The summed E-state index contributed by atoms with van der Waals surface area (Å²) in [5.74, 6) is 1.09. The molecule has 0 spiro atoms. The lowest BCUT2D eigenvalue weighted by molar-refractivity contribution is -0.128. The Morgan fingerprint density at radius 3 is 2.50 bits per heavy atom. The molecule has 1 amide bonds. The van der Waals surface area contributed by atoms with E-state index in [1.165, 1.54) is 43.2 Å². The van der Waals surface area contributed by atoms with Crippen molar-refractivity contribution in [1.29, 1.82) is 0 Å². The van der Waals surface area contributed by atoms with E-state index >= 15 is 0 Å². The second kappa shape index (κ2) is 13.9. The number of rotatable bonds is 9. The molecule has 1 aliphatic carbocycles. The average molecular weight is 528 g/mol. The van der Waals surface area contributed by atoms with E-state index in [4.69, 9.17) is 4.74 Å². The monoisotopic (exact) mass is 528 g/mol. The predicted molar refractivity (Wildman–Crippen MR) is 132 cm³/mol. The number of benzene rings is 1. The maximum absolute atomic E-state index is 11.8. The second-order valence-corrected chi connectivity index (χ2v) is 8.07. The fourth-order valence-electron chi connectivity index (χ4n) is 4.02. The molecule has 1 aliphatic heterocycles. The number of hydrogen-bond donors (Lipinski definition) is 2. The lowest BCUT2D eigenvalue weighted by Gasteiger charge is -2.22. The van der Waals surface area contributed by atoms with Crippen LogP contribution in [0.4, 0.5) is 0 Å². The van der Waals surface area contributed by atoms with Crippen LogP contribution in [-0.2, 0) is 22.6 Å². The van der Waals surface area contributed by atoms with E-state index in [9.17, 15) is 4.79 Å². The molecule has 2 aliphatic rings. The largest absolute Gasteiger partial charge is 0.378 e. The summed E-state index contributed by atoms with van der Waals surface area (Å²) in [4.78, 5) is 18.0. The summed E-state index contributed by atoms with van der Waals surface area (Å²) >= 11 is 0. The number of guanidine groups is 1. The molecule has 1 saturated heterocycles. The summed E-state index contributed by atoms with van der Waals surface area (Å²) in [6.45, 7) is 4.00. The van der Waals surface area contributed by atoms with Gasteiger partial charge in [-0.1, -0.05) is 43.5 Å². The van der Waals surface area contributed by atoms with Crippen molar-refractivity contribution in [3.8, 4) is 0 Å². The van der Waals surface area contributed by atoms with Crippen LogP contribution in [-0.4, -0.2) is 49.6 Å². The van der Waals surface area contributed by atoms with Crippen LogP contribution >= 0.6 is 24.0 Å². The van der Waals surface area contributed by atoms with Crippen molar-refractivity contribution in [2.45, 2.75) is 70.6 Å². The van der Waals surface area contributed by atoms with Crippen LogP contribution < -0.4 is 10.6 Å². The van der Waals surface area contributed by atoms with E-state index in [-0.39, 0.29) is 29.9 Å². The molecular weight excluding hydrogens is 491 g/mol. The Balaban J connectivity index is 0.00000320. The second-order valence-electron chi connectivity index (χ2n) is 8.07. The van der Waals surface area contributed by atoms with Gasteiger partial charge in [0.05, 0.1) is 6.10 Å². The Kier molecular flexibility index (Phi) is 11.5. The number of carbonyl (C=O) groups is 1. The normalized spacial score (nSPS) is 17.7. The fourth-order valence-corrected chi connectivity index (χ4v) is 4.02. The Labute approximate surface area is 198 Å². The first-order valence-electron chi connectivity index (χ1n) is 11.2. The van der Waals surface area contributed by atoms with Crippen LogP contribution in [0.25, 0.3) is 0 Å². The van der Waals surface area contributed by atoms with E-state index in [0.29, 0.717) is 12.5 Å². The molecule has 3 rings (SSSR count). The number of halogens is 1. The van der Waals surface area contributed by atoms with Crippen molar-refractivity contribution in [2.75, 3.05) is 26.7 Å². The van der Waals surface area contributed by atoms with Gasteiger partial charge in [0.2, 0.25) is 5.91 Å². The summed E-state index contributed by atoms with van der Waals surface area (Å²) in [6, 6.07) is 8.46. The first-order valence-corrected chi connectivity index (χ1v) is 11.2. The van der Waals surface area contributed by atoms with Gasteiger partial charge in [-0.25, -0.2) is 0 Å². The van der Waals surface area contributed by atoms with Crippen LogP contribution in [0.2, 0.25) is 0 Å². The highest BCUT2D eigenvalue weighted by atomic mass is 127. The van der Waals surface area contributed by atoms with Gasteiger partial charge in [-0.05, 0) is 36.8 Å². The molecule has 1 saturated carbocycles. The van der Waals surface area contributed by atoms with Crippen LogP contribution in [0.3, 0.4) is 0 Å². The van der Waals surface area contributed by atoms with Gasteiger partial charge in [0.25, 0.3) is 0 Å². The molecule has 30 heavy (non-hydrogen) atoms. The molecule has 2 N–H and O–H groups in total. The number of nitrogens with zero attached hydrogens (tertiary/aromatic N) is 2. The average Bonchev–Trinajstić information content (AvgIpc) is 3.16. The maximum atomic E-state index is 11.8. The molecule has 2 fully saturated rings. The lowest BCUT2D eigenvalue weighted by Crippen LogP contribution is -2.37. The predicted octanol–water partition coefficient (Wildman–Crippen LogP) is 3.83. The van der Waals surface area contributed by atoms with Gasteiger partial charge >= 0.3 is 0 Å². The molecule has 7 heteroatoms. The maximum Gasteiger partial charge on any atom is 0.222 e. The zero-order valence-electron chi connectivity index (χ0n) is 18.2. The Hall–Kier alpha value is -1.35. The van der Waals surface area contributed by atoms with Crippen molar-refractivity contribution in [3.63, 3.8) is 0 Å². The fraction of sp³-hybridized carbons (Fsp3) is 0.652. The van der Waals surface area contributed by atoms with Gasteiger partial charge in [0, 0.05) is 46.3 Å². The van der Waals surface area contributed by atoms with E-state index in [2.05, 4.69) is 39.9 Å². The Bertz CT molecular complexity index is 660. The molecule has 0 aromatic heterocycles. The minimum atomic E-state index is 0. The van der Waals surface area contributed by atoms with Gasteiger partial charge in [-0.15, -0.1) is 24.0 Å². The summed E-state index contributed by atoms with van der Waals surface area (Å²) in [5, 5.41) is 6.72. The number of nitrogens with one attached hydrogen (secondary N) is 2.